The molecule has 8 heteroatoms. The number of hydrogen-bond donors (Lipinski definition) is 2. The summed E-state index contributed by atoms with van der Waals surface area (Å²) in [6, 6.07) is -0.917. The van der Waals surface area contributed by atoms with Gasteiger partial charge < -0.3 is 10.0 Å². The van der Waals surface area contributed by atoms with Crippen LogP contribution in [-0.2, 0) is 19.4 Å². The SMILES string of the molecule is CCCCCCCCC/C=C/CC/C=C/[C@@H](O)[C@@H](COS(=O)(=O)O)N(C)C(=O)CCCCCCCCCCCCCCCCC. The quantitative estimate of drug-likeness (QED) is 0.0413. The van der Waals surface area contributed by atoms with Gasteiger partial charge in [0.1, 0.15) is 0 Å². The highest BCUT2D eigenvalue weighted by molar-refractivity contribution is 7.80. The molecule has 1 amide bonds. The standard InChI is InChI=1S/C37H71NO6S/c1-4-6-8-10-12-14-16-18-19-21-23-25-27-29-31-33-37(40)38(3)35(34-44-45(41,42)43)36(39)32-30-28-26-24-22-20-17-15-13-11-9-7-5-2/h22,24,30,32,35-36,39H,4-21,23,25-29,31,33-34H2,1-3H3,(H,41,42,43)/b24-22+,32-30+/t35-,36-/m1/s1. The third-order valence-electron chi connectivity index (χ3n) is 8.64. The molecule has 0 aromatic carbocycles. The second kappa shape index (κ2) is 31.4. The van der Waals surface area contributed by atoms with Crippen LogP contribution < -0.4 is 0 Å². The van der Waals surface area contributed by atoms with Crippen LogP contribution in [0, 0.1) is 0 Å². The van der Waals surface area contributed by atoms with E-state index in [2.05, 4.69) is 30.2 Å². The van der Waals surface area contributed by atoms with Crippen LogP contribution >= 0.6 is 0 Å². The zero-order chi connectivity index (χ0) is 33.4. The van der Waals surface area contributed by atoms with E-state index in [1.807, 2.05) is 6.08 Å². The second-order valence-corrected chi connectivity index (χ2v) is 14.0. The normalized spacial score (nSPS) is 13.6. The first kappa shape index (κ1) is 43.8. The smallest absolute Gasteiger partial charge is 0.387 e. The molecule has 266 valence electrons. The fraction of sp³-hybridized carbons (Fsp3) is 0.865. The molecule has 0 rings (SSSR count). The van der Waals surface area contributed by atoms with Gasteiger partial charge in [0.25, 0.3) is 0 Å². The first-order valence-corrected chi connectivity index (χ1v) is 20.0. The topological polar surface area (TPSA) is 104 Å². The lowest BCUT2D eigenvalue weighted by Gasteiger charge is -2.30. The molecule has 0 spiro atoms. The molecular weight excluding hydrogens is 586 g/mol. The van der Waals surface area contributed by atoms with Crippen molar-refractivity contribution in [2.24, 2.45) is 0 Å². The fourth-order valence-corrected chi connectivity index (χ4v) is 5.93. The number of rotatable bonds is 33. The van der Waals surface area contributed by atoms with Crippen molar-refractivity contribution in [1.82, 2.24) is 4.90 Å². The first-order valence-electron chi connectivity index (χ1n) is 18.6. The van der Waals surface area contributed by atoms with E-state index in [9.17, 15) is 18.3 Å². The van der Waals surface area contributed by atoms with E-state index >= 15 is 0 Å². The number of aliphatic hydroxyl groups is 1. The zero-order valence-electron chi connectivity index (χ0n) is 29.4. The Kier molecular flexibility index (Phi) is 30.5. The molecule has 2 atom stereocenters. The predicted octanol–water partition coefficient (Wildman–Crippen LogP) is 10.3. The maximum atomic E-state index is 12.9. The molecule has 0 bridgehead atoms. The summed E-state index contributed by atoms with van der Waals surface area (Å²) in [6.07, 6.45) is 37.5. The summed E-state index contributed by atoms with van der Waals surface area (Å²) < 4.78 is 36.0. The highest BCUT2D eigenvalue weighted by atomic mass is 32.3. The monoisotopic (exact) mass is 658 g/mol. The summed E-state index contributed by atoms with van der Waals surface area (Å²) in [5.41, 5.74) is 0. The Morgan fingerprint density at radius 2 is 1.04 bits per heavy atom. The van der Waals surface area contributed by atoms with Crippen LogP contribution in [0.4, 0.5) is 0 Å². The maximum Gasteiger partial charge on any atom is 0.397 e. The molecule has 0 aliphatic rings. The predicted molar refractivity (Wildman–Crippen MR) is 190 cm³/mol. The lowest BCUT2D eigenvalue weighted by molar-refractivity contribution is -0.134. The molecule has 0 aromatic heterocycles. The van der Waals surface area contributed by atoms with Gasteiger partial charge in [-0.1, -0.05) is 167 Å². The van der Waals surface area contributed by atoms with Gasteiger partial charge in [-0.25, -0.2) is 4.18 Å². The molecule has 0 saturated carbocycles. The molecule has 0 aromatic rings. The van der Waals surface area contributed by atoms with Gasteiger partial charge in [-0.05, 0) is 32.1 Å². The minimum absolute atomic E-state index is 0.172. The number of aliphatic hydroxyl groups excluding tert-OH is 1. The summed E-state index contributed by atoms with van der Waals surface area (Å²) in [7, 11) is -3.14. The molecule has 45 heavy (non-hydrogen) atoms. The van der Waals surface area contributed by atoms with Crippen molar-refractivity contribution in [3.05, 3.63) is 24.3 Å². The Morgan fingerprint density at radius 1 is 0.644 bits per heavy atom. The van der Waals surface area contributed by atoms with E-state index in [1.165, 1.54) is 127 Å². The number of unbranched alkanes of at least 4 members (excludes halogenated alkanes) is 22. The van der Waals surface area contributed by atoms with E-state index in [4.69, 9.17) is 4.55 Å². The minimum atomic E-state index is -4.69. The second-order valence-electron chi connectivity index (χ2n) is 12.9. The van der Waals surface area contributed by atoms with E-state index in [0.717, 1.165) is 38.5 Å². The van der Waals surface area contributed by atoms with Crippen LogP contribution in [0.5, 0.6) is 0 Å². The van der Waals surface area contributed by atoms with E-state index in [1.54, 1.807) is 13.1 Å². The Morgan fingerprint density at radius 3 is 1.51 bits per heavy atom. The van der Waals surface area contributed by atoms with Crippen LogP contribution in [0.15, 0.2) is 24.3 Å². The van der Waals surface area contributed by atoms with Crippen LogP contribution in [0.25, 0.3) is 0 Å². The van der Waals surface area contributed by atoms with Gasteiger partial charge in [-0.3, -0.25) is 9.35 Å². The van der Waals surface area contributed by atoms with Crippen molar-refractivity contribution in [3.63, 3.8) is 0 Å². The number of carbonyl (C=O) groups excluding carboxylic acids is 1. The van der Waals surface area contributed by atoms with Crippen LogP contribution in [0.1, 0.15) is 181 Å². The molecule has 0 saturated heterocycles. The number of hydrogen-bond acceptors (Lipinski definition) is 5. The number of amides is 1. The Labute approximate surface area is 278 Å². The highest BCUT2D eigenvalue weighted by Gasteiger charge is 2.27. The molecule has 0 aliphatic heterocycles. The summed E-state index contributed by atoms with van der Waals surface area (Å²) in [6.45, 7) is 3.98. The van der Waals surface area contributed by atoms with Crippen LogP contribution in [-0.4, -0.2) is 54.7 Å². The van der Waals surface area contributed by atoms with Gasteiger partial charge >= 0.3 is 10.4 Å². The zero-order valence-corrected chi connectivity index (χ0v) is 30.3. The lowest BCUT2D eigenvalue weighted by atomic mass is 10.0. The molecule has 0 fully saturated rings. The van der Waals surface area contributed by atoms with Gasteiger partial charge in [-0.15, -0.1) is 0 Å². The molecular formula is C37H71NO6S. The maximum absolute atomic E-state index is 12.9. The third kappa shape index (κ3) is 29.9. The summed E-state index contributed by atoms with van der Waals surface area (Å²) >= 11 is 0. The van der Waals surface area contributed by atoms with Gasteiger partial charge in [0.2, 0.25) is 5.91 Å². The van der Waals surface area contributed by atoms with Crippen molar-refractivity contribution in [2.45, 2.75) is 193 Å². The van der Waals surface area contributed by atoms with Crippen LogP contribution in [0.2, 0.25) is 0 Å². The van der Waals surface area contributed by atoms with E-state index in [0.29, 0.717) is 6.42 Å². The average Bonchev–Trinajstić information content (AvgIpc) is 3.00. The van der Waals surface area contributed by atoms with Gasteiger partial charge in [0.05, 0.1) is 18.8 Å². The number of carbonyl (C=O) groups is 1. The molecule has 0 heterocycles. The van der Waals surface area contributed by atoms with Gasteiger partial charge in [0, 0.05) is 13.5 Å². The van der Waals surface area contributed by atoms with Crippen molar-refractivity contribution in [3.8, 4) is 0 Å². The third-order valence-corrected chi connectivity index (χ3v) is 9.08. The Bertz CT molecular complexity index is 829. The van der Waals surface area contributed by atoms with Gasteiger partial charge in [0.15, 0.2) is 0 Å². The molecule has 7 nitrogen and oxygen atoms in total. The van der Waals surface area contributed by atoms with Crippen molar-refractivity contribution < 1.29 is 27.1 Å². The van der Waals surface area contributed by atoms with Crippen molar-refractivity contribution in [1.29, 1.82) is 0 Å². The highest BCUT2D eigenvalue weighted by Crippen LogP contribution is 2.16. The molecule has 0 radical (unpaired) electrons. The first-order chi connectivity index (χ1) is 21.7. The molecule has 0 aliphatic carbocycles. The number of likely N-dealkylation sites (N-methyl/N-ethyl adjacent to an activating group) is 1. The van der Waals surface area contributed by atoms with Crippen LogP contribution in [0.3, 0.4) is 0 Å². The largest absolute Gasteiger partial charge is 0.397 e. The Hall–Kier alpha value is -1.22. The van der Waals surface area contributed by atoms with E-state index < -0.39 is 29.2 Å². The molecule has 0 unspecified atom stereocenters. The minimum Gasteiger partial charge on any atom is -0.387 e. The summed E-state index contributed by atoms with van der Waals surface area (Å²) in [4.78, 5) is 14.2. The van der Waals surface area contributed by atoms with Gasteiger partial charge in [-0.2, -0.15) is 8.42 Å². The summed E-state index contributed by atoms with van der Waals surface area (Å²) in [5.74, 6) is -0.172. The fourth-order valence-electron chi connectivity index (χ4n) is 5.62. The van der Waals surface area contributed by atoms with Crippen molar-refractivity contribution in [2.75, 3.05) is 13.7 Å². The van der Waals surface area contributed by atoms with E-state index in [-0.39, 0.29) is 5.91 Å². The summed E-state index contributed by atoms with van der Waals surface area (Å²) in [5, 5.41) is 10.8. The Balaban J connectivity index is 4.24. The average molecular weight is 658 g/mol. The molecule has 2 N–H and O–H groups in total. The number of allylic oxidation sites excluding steroid dienone is 3. The van der Waals surface area contributed by atoms with Crippen molar-refractivity contribution >= 4 is 16.3 Å². The number of nitrogens with zero attached hydrogens (tertiary/aromatic N) is 1. The lowest BCUT2D eigenvalue weighted by Crippen LogP contribution is -2.47.